The van der Waals surface area contributed by atoms with Crippen LogP contribution in [0.3, 0.4) is 0 Å². The lowest BCUT2D eigenvalue weighted by molar-refractivity contribution is 0.762. The summed E-state index contributed by atoms with van der Waals surface area (Å²) in [6.07, 6.45) is 2.01. The van der Waals surface area contributed by atoms with Crippen LogP contribution in [-0.4, -0.2) is 0 Å². The Hall–Kier alpha value is -8.00. The van der Waals surface area contributed by atoms with E-state index in [4.69, 9.17) is 0 Å². The highest BCUT2D eigenvalue weighted by molar-refractivity contribution is 5.95. The van der Waals surface area contributed by atoms with Gasteiger partial charge in [-0.15, -0.1) is 0 Å². The largest absolute Gasteiger partial charge is 0.310 e. The van der Waals surface area contributed by atoms with Crippen LogP contribution in [0.15, 0.2) is 249 Å². The van der Waals surface area contributed by atoms with Crippen molar-refractivity contribution in [1.29, 1.82) is 0 Å². The summed E-state index contributed by atoms with van der Waals surface area (Å²) in [5, 5.41) is 0. The lowest BCUT2D eigenvalue weighted by Gasteiger charge is -2.37. The number of para-hydroxylation sites is 1. The number of benzene rings is 10. The van der Waals surface area contributed by atoms with Crippen molar-refractivity contribution < 1.29 is 0 Å². The molecule has 1 heteroatoms. The van der Waals surface area contributed by atoms with Gasteiger partial charge in [0.15, 0.2) is 0 Å². The third kappa shape index (κ3) is 5.39. The number of aryl methyl sites for hydroxylation is 2. The van der Waals surface area contributed by atoms with Crippen LogP contribution in [0, 0.1) is 0 Å². The first-order valence-electron chi connectivity index (χ1n) is 23.0. The SMILES string of the molecule is c1ccc(-c2ccccc2N(c2ccc3c(c2)C(c2ccccc2)(c2ccccc2)c2ccccc2-3)c2ccc3c(c2)C2(c4ccccc4CCc4ccccc42)c2ccccc2-3)cc1. The molecule has 1 spiro atoms. The lowest BCUT2D eigenvalue weighted by Crippen LogP contribution is -2.30. The number of rotatable bonds is 6. The maximum absolute atomic E-state index is 2.54. The second-order valence-corrected chi connectivity index (χ2v) is 17.8. The molecule has 0 radical (unpaired) electrons. The molecule has 0 aromatic heterocycles. The van der Waals surface area contributed by atoms with E-state index in [1.807, 2.05) is 0 Å². The summed E-state index contributed by atoms with van der Waals surface area (Å²) < 4.78 is 0. The van der Waals surface area contributed by atoms with Crippen molar-refractivity contribution in [2.24, 2.45) is 0 Å². The zero-order valence-corrected chi connectivity index (χ0v) is 36.0. The van der Waals surface area contributed by atoms with Crippen molar-refractivity contribution >= 4 is 17.1 Å². The highest BCUT2D eigenvalue weighted by Gasteiger charge is 2.50. The molecule has 0 unspecified atom stereocenters. The molecule has 0 fully saturated rings. The van der Waals surface area contributed by atoms with Crippen molar-refractivity contribution in [3.63, 3.8) is 0 Å². The van der Waals surface area contributed by atoms with E-state index >= 15 is 0 Å². The zero-order valence-electron chi connectivity index (χ0n) is 36.0. The summed E-state index contributed by atoms with van der Waals surface area (Å²) in [7, 11) is 0. The van der Waals surface area contributed by atoms with Crippen LogP contribution in [0.4, 0.5) is 17.1 Å². The zero-order chi connectivity index (χ0) is 43.0. The lowest BCUT2D eigenvalue weighted by atomic mass is 9.66. The van der Waals surface area contributed by atoms with Gasteiger partial charge in [-0.05, 0) is 127 Å². The minimum atomic E-state index is -0.535. The number of hydrogen-bond donors (Lipinski definition) is 0. The van der Waals surface area contributed by atoms with Crippen LogP contribution in [-0.2, 0) is 23.7 Å². The molecule has 0 amide bonds. The van der Waals surface area contributed by atoms with E-state index in [9.17, 15) is 0 Å². The quantitative estimate of drug-likeness (QED) is 0.161. The van der Waals surface area contributed by atoms with E-state index in [0.29, 0.717) is 0 Å². The molecule has 65 heavy (non-hydrogen) atoms. The Morgan fingerprint density at radius 3 is 1.20 bits per heavy atom. The molecule has 13 rings (SSSR count). The van der Waals surface area contributed by atoms with E-state index in [1.165, 1.54) is 89.0 Å². The van der Waals surface area contributed by atoms with Gasteiger partial charge >= 0.3 is 0 Å². The van der Waals surface area contributed by atoms with Gasteiger partial charge in [0.1, 0.15) is 0 Å². The Morgan fingerprint density at radius 1 is 0.277 bits per heavy atom. The standard InChI is InChI=1S/C64H45N/c1-4-20-44(21-5-1)51-28-14-19-35-62(51)65(49-38-40-54-52-29-12-17-33-58(52)63(60(54)42-49,47-24-6-2-7-25-47)48-26-8-3-9-27-48)50-39-41-55-53-30-13-18-34-59(53)64(61(55)43-50)56-31-15-10-22-45(56)36-37-46-23-11-16-32-57(46)64/h1-35,38-43H,36-37H2. The van der Waals surface area contributed by atoms with Gasteiger partial charge in [-0.1, -0.05) is 218 Å². The molecule has 10 aromatic carbocycles. The Labute approximate surface area is 381 Å². The van der Waals surface area contributed by atoms with Crippen LogP contribution in [0.5, 0.6) is 0 Å². The molecule has 0 aliphatic heterocycles. The molecule has 0 N–H and O–H groups in total. The molecule has 0 saturated heterocycles. The highest BCUT2D eigenvalue weighted by atomic mass is 15.1. The van der Waals surface area contributed by atoms with Gasteiger partial charge in [0.2, 0.25) is 0 Å². The summed E-state index contributed by atoms with van der Waals surface area (Å²) in [4.78, 5) is 2.54. The van der Waals surface area contributed by atoms with Gasteiger partial charge in [0.25, 0.3) is 0 Å². The topological polar surface area (TPSA) is 3.24 Å². The van der Waals surface area contributed by atoms with E-state index in [0.717, 1.165) is 29.9 Å². The monoisotopic (exact) mass is 827 g/mol. The maximum atomic E-state index is 2.54. The molecular weight excluding hydrogens is 783 g/mol. The fourth-order valence-electron chi connectivity index (χ4n) is 12.1. The molecule has 10 aromatic rings. The second-order valence-electron chi connectivity index (χ2n) is 17.8. The molecule has 0 heterocycles. The third-order valence-corrected chi connectivity index (χ3v) is 14.7. The number of nitrogens with zero attached hydrogens (tertiary/aromatic N) is 1. The first-order valence-corrected chi connectivity index (χ1v) is 23.0. The second kappa shape index (κ2) is 14.8. The number of anilines is 3. The first kappa shape index (κ1) is 37.5. The van der Waals surface area contributed by atoms with Crippen LogP contribution in [0.2, 0.25) is 0 Å². The fourth-order valence-corrected chi connectivity index (χ4v) is 12.1. The smallest absolute Gasteiger partial charge is 0.0719 e. The van der Waals surface area contributed by atoms with Crippen molar-refractivity contribution in [2.45, 2.75) is 23.7 Å². The van der Waals surface area contributed by atoms with Crippen LogP contribution in [0.25, 0.3) is 33.4 Å². The van der Waals surface area contributed by atoms with Crippen molar-refractivity contribution in [3.05, 3.63) is 304 Å². The molecule has 0 bridgehead atoms. The third-order valence-electron chi connectivity index (χ3n) is 14.7. The Kier molecular flexibility index (Phi) is 8.55. The van der Waals surface area contributed by atoms with Crippen molar-refractivity contribution in [3.8, 4) is 33.4 Å². The normalized spacial score (nSPS) is 14.3. The highest BCUT2D eigenvalue weighted by Crippen LogP contribution is 2.61. The van der Waals surface area contributed by atoms with Gasteiger partial charge in [-0.2, -0.15) is 0 Å². The summed E-state index contributed by atoms with van der Waals surface area (Å²) in [5.74, 6) is 0. The fraction of sp³-hybridized carbons (Fsp3) is 0.0625. The molecule has 0 atom stereocenters. The molecule has 3 aliphatic rings. The predicted octanol–water partition coefficient (Wildman–Crippen LogP) is 15.6. The van der Waals surface area contributed by atoms with E-state index in [-0.39, 0.29) is 0 Å². The van der Waals surface area contributed by atoms with Crippen LogP contribution >= 0.6 is 0 Å². The molecular formula is C64H45N. The molecule has 306 valence electrons. The maximum Gasteiger partial charge on any atom is 0.0719 e. The van der Waals surface area contributed by atoms with Gasteiger partial charge in [0, 0.05) is 16.9 Å². The van der Waals surface area contributed by atoms with E-state index < -0.39 is 10.8 Å². The van der Waals surface area contributed by atoms with Gasteiger partial charge in [-0.25, -0.2) is 0 Å². The van der Waals surface area contributed by atoms with E-state index in [1.54, 1.807) is 0 Å². The summed E-state index contributed by atoms with van der Waals surface area (Å²) in [5.41, 5.74) is 23.2. The Balaban J connectivity index is 1.12. The first-order chi connectivity index (χ1) is 32.3. The number of fused-ring (bicyclic) bond motifs is 12. The molecule has 1 nitrogen and oxygen atoms in total. The van der Waals surface area contributed by atoms with Gasteiger partial charge in [-0.3, -0.25) is 0 Å². The summed E-state index contributed by atoms with van der Waals surface area (Å²) in [6.45, 7) is 0. The Morgan fingerprint density at radius 2 is 0.662 bits per heavy atom. The minimum Gasteiger partial charge on any atom is -0.310 e. The minimum absolute atomic E-state index is 0.494. The van der Waals surface area contributed by atoms with Gasteiger partial charge in [0.05, 0.1) is 16.5 Å². The summed E-state index contributed by atoms with van der Waals surface area (Å²) >= 11 is 0. The number of hydrogen-bond acceptors (Lipinski definition) is 1. The average Bonchev–Trinajstić information content (AvgIpc) is 3.78. The van der Waals surface area contributed by atoms with Crippen molar-refractivity contribution in [2.75, 3.05) is 4.90 Å². The molecule has 0 saturated carbocycles. The van der Waals surface area contributed by atoms with Crippen LogP contribution in [0.1, 0.15) is 55.6 Å². The predicted molar refractivity (Wildman–Crippen MR) is 269 cm³/mol. The summed E-state index contributed by atoms with van der Waals surface area (Å²) in [6, 6.07) is 93.4. The van der Waals surface area contributed by atoms with Crippen molar-refractivity contribution in [1.82, 2.24) is 0 Å². The molecule has 3 aliphatic carbocycles. The Bertz CT molecular complexity index is 3350. The van der Waals surface area contributed by atoms with E-state index in [2.05, 4.69) is 254 Å². The van der Waals surface area contributed by atoms with Crippen LogP contribution < -0.4 is 4.90 Å². The average molecular weight is 828 g/mol. The van der Waals surface area contributed by atoms with Gasteiger partial charge < -0.3 is 4.90 Å².